The van der Waals surface area contributed by atoms with Gasteiger partial charge in [0.1, 0.15) is 0 Å². The van der Waals surface area contributed by atoms with Crippen molar-refractivity contribution in [3.05, 3.63) is 75.9 Å². The molecule has 1 heterocycles. The SMILES string of the molecule is Cc1ccc(S(=O)(=O)N2CCC=C(Cc3c(C)cc(C)cc3C)C2)cc1. The first-order valence-electron chi connectivity index (χ1n) is 9.09. The van der Waals surface area contributed by atoms with Gasteiger partial charge in [0.05, 0.1) is 4.90 Å². The number of aryl methyl sites for hydroxylation is 4. The Labute approximate surface area is 157 Å². The molecule has 0 fully saturated rings. The molecular formula is C22H27NO2S. The second-order valence-electron chi connectivity index (χ2n) is 7.36. The van der Waals surface area contributed by atoms with Gasteiger partial charge in [-0.05, 0) is 69.4 Å². The normalized spacial score (nSPS) is 15.8. The zero-order valence-corrected chi connectivity index (χ0v) is 16.9. The molecule has 0 unspecified atom stereocenters. The summed E-state index contributed by atoms with van der Waals surface area (Å²) < 4.78 is 27.6. The molecule has 0 aliphatic carbocycles. The van der Waals surface area contributed by atoms with E-state index in [0.29, 0.717) is 18.0 Å². The predicted octanol–water partition coefficient (Wildman–Crippen LogP) is 4.48. The van der Waals surface area contributed by atoms with Crippen molar-refractivity contribution in [3.63, 3.8) is 0 Å². The second-order valence-corrected chi connectivity index (χ2v) is 9.29. The Morgan fingerprint density at radius 2 is 1.54 bits per heavy atom. The van der Waals surface area contributed by atoms with Crippen molar-refractivity contribution in [2.45, 2.75) is 45.4 Å². The Hall–Kier alpha value is -1.91. The van der Waals surface area contributed by atoms with E-state index in [4.69, 9.17) is 0 Å². The Bertz CT molecular complexity index is 918. The fourth-order valence-corrected chi connectivity index (χ4v) is 5.15. The van der Waals surface area contributed by atoms with E-state index in [1.807, 2.05) is 19.1 Å². The summed E-state index contributed by atoms with van der Waals surface area (Å²) in [5, 5.41) is 0. The smallest absolute Gasteiger partial charge is 0.207 e. The average Bonchev–Trinajstić information content (AvgIpc) is 2.59. The molecule has 0 amide bonds. The quantitative estimate of drug-likeness (QED) is 0.745. The van der Waals surface area contributed by atoms with Gasteiger partial charge in [0.2, 0.25) is 10.0 Å². The fraction of sp³-hybridized carbons (Fsp3) is 0.364. The minimum atomic E-state index is -3.44. The molecule has 0 aromatic heterocycles. The lowest BCUT2D eigenvalue weighted by Gasteiger charge is -2.27. The van der Waals surface area contributed by atoms with Crippen molar-refractivity contribution in [2.24, 2.45) is 0 Å². The monoisotopic (exact) mass is 369 g/mol. The predicted molar refractivity (Wildman–Crippen MR) is 107 cm³/mol. The van der Waals surface area contributed by atoms with Gasteiger partial charge in [-0.1, -0.05) is 47.0 Å². The maximum atomic E-state index is 13.0. The van der Waals surface area contributed by atoms with Crippen LogP contribution >= 0.6 is 0 Å². The number of benzene rings is 2. The van der Waals surface area contributed by atoms with Gasteiger partial charge in [0.25, 0.3) is 0 Å². The van der Waals surface area contributed by atoms with Gasteiger partial charge in [0, 0.05) is 13.1 Å². The summed E-state index contributed by atoms with van der Waals surface area (Å²) in [4.78, 5) is 0.382. The lowest BCUT2D eigenvalue weighted by Crippen LogP contribution is -2.36. The first kappa shape index (κ1) is 18.9. The molecule has 0 spiro atoms. The summed E-state index contributed by atoms with van der Waals surface area (Å²) in [6, 6.07) is 11.5. The molecule has 1 aliphatic rings. The third kappa shape index (κ3) is 3.92. The molecule has 26 heavy (non-hydrogen) atoms. The van der Waals surface area contributed by atoms with E-state index < -0.39 is 10.0 Å². The van der Waals surface area contributed by atoms with E-state index in [1.54, 1.807) is 16.4 Å². The summed E-state index contributed by atoms with van der Waals surface area (Å²) in [5.41, 5.74) is 7.39. The van der Waals surface area contributed by atoms with Gasteiger partial charge in [-0.15, -0.1) is 0 Å². The van der Waals surface area contributed by atoms with Crippen molar-refractivity contribution >= 4 is 10.0 Å². The van der Waals surface area contributed by atoms with E-state index in [9.17, 15) is 8.42 Å². The highest BCUT2D eigenvalue weighted by Gasteiger charge is 2.27. The number of hydrogen-bond acceptors (Lipinski definition) is 2. The van der Waals surface area contributed by atoms with Gasteiger partial charge < -0.3 is 0 Å². The number of nitrogens with zero attached hydrogens (tertiary/aromatic N) is 1. The third-order valence-corrected chi connectivity index (χ3v) is 6.95. The standard InChI is InChI=1S/C22H27NO2S/c1-16-7-9-21(10-8-16)26(24,25)23-11-5-6-20(15-23)14-22-18(3)12-17(2)13-19(22)4/h6-10,12-13H,5,11,14-15H2,1-4H3. The molecular weight excluding hydrogens is 342 g/mol. The van der Waals surface area contributed by atoms with Gasteiger partial charge in [0.15, 0.2) is 0 Å². The van der Waals surface area contributed by atoms with E-state index in [0.717, 1.165) is 18.4 Å². The summed E-state index contributed by atoms with van der Waals surface area (Å²) in [6.45, 7) is 9.37. The average molecular weight is 370 g/mol. The van der Waals surface area contributed by atoms with Gasteiger partial charge >= 0.3 is 0 Å². The molecule has 0 N–H and O–H groups in total. The van der Waals surface area contributed by atoms with Crippen LogP contribution in [0.3, 0.4) is 0 Å². The third-order valence-electron chi connectivity index (χ3n) is 5.09. The van der Waals surface area contributed by atoms with E-state index in [1.165, 1.54) is 27.8 Å². The van der Waals surface area contributed by atoms with Crippen LogP contribution in [0.15, 0.2) is 52.9 Å². The van der Waals surface area contributed by atoms with Crippen molar-refractivity contribution in [3.8, 4) is 0 Å². The molecule has 3 rings (SSSR count). The molecule has 0 bridgehead atoms. The lowest BCUT2D eigenvalue weighted by atomic mass is 9.93. The lowest BCUT2D eigenvalue weighted by molar-refractivity contribution is 0.425. The minimum Gasteiger partial charge on any atom is -0.207 e. The van der Waals surface area contributed by atoms with Crippen LogP contribution in [0.4, 0.5) is 0 Å². The van der Waals surface area contributed by atoms with Crippen LogP contribution in [-0.4, -0.2) is 25.8 Å². The number of sulfonamides is 1. The van der Waals surface area contributed by atoms with Crippen molar-refractivity contribution < 1.29 is 8.42 Å². The number of rotatable bonds is 4. The Balaban J connectivity index is 1.81. The maximum absolute atomic E-state index is 13.0. The molecule has 2 aromatic rings. The molecule has 3 nitrogen and oxygen atoms in total. The highest BCUT2D eigenvalue weighted by molar-refractivity contribution is 7.89. The zero-order chi connectivity index (χ0) is 18.9. The topological polar surface area (TPSA) is 37.4 Å². The molecule has 0 saturated heterocycles. The summed E-state index contributed by atoms with van der Waals surface area (Å²) in [5.74, 6) is 0. The summed E-state index contributed by atoms with van der Waals surface area (Å²) >= 11 is 0. The Morgan fingerprint density at radius 1 is 0.923 bits per heavy atom. The Kier molecular flexibility index (Phi) is 5.35. The second kappa shape index (κ2) is 7.37. The van der Waals surface area contributed by atoms with Crippen molar-refractivity contribution in [2.75, 3.05) is 13.1 Å². The summed E-state index contributed by atoms with van der Waals surface area (Å²) in [7, 11) is -3.44. The van der Waals surface area contributed by atoms with Crippen LogP contribution in [-0.2, 0) is 16.4 Å². The molecule has 4 heteroatoms. The maximum Gasteiger partial charge on any atom is 0.243 e. The van der Waals surface area contributed by atoms with E-state index in [-0.39, 0.29) is 0 Å². The largest absolute Gasteiger partial charge is 0.243 e. The van der Waals surface area contributed by atoms with E-state index >= 15 is 0 Å². The highest BCUT2D eigenvalue weighted by Crippen LogP contribution is 2.25. The van der Waals surface area contributed by atoms with E-state index in [2.05, 4.69) is 39.0 Å². The first-order valence-corrected chi connectivity index (χ1v) is 10.5. The zero-order valence-electron chi connectivity index (χ0n) is 16.0. The van der Waals surface area contributed by atoms with Crippen molar-refractivity contribution in [1.82, 2.24) is 4.31 Å². The Morgan fingerprint density at radius 3 is 2.15 bits per heavy atom. The highest BCUT2D eigenvalue weighted by atomic mass is 32.2. The van der Waals surface area contributed by atoms with Gasteiger partial charge in [-0.2, -0.15) is 4.31 Å². The molecule has 2 aromatic carbocycles. The van der Waals surface area contributed by atoms with Gasteiger partial charge in [-0.3, -0.25) is 0 Å². The van der Waals surface area contributed by atoms with Crippen molar-refractivity contribution in [1.29, 1.82) is 0 Å². The molecule has 138 valence electrons. The molecule has 0 atom stereocenters. The summed E-state index contributed by atoms with van der Waals surface area (Å²) in [6.07, 6.45) is 3.79. The first-order chi connectivity index (χ1) is 12.3. The molecule has 0 radical (unpaired) electrons. The fourth-order valence-electron chi connectivity index (χ4n) is 3.69. The van der Waals surface area contributed by atoms with Crippen LogP contribution in [0.2, 0.25) is 0 Å². The van der Waals surface area contributed by atoms with Crippen LogP contribution < -0.4 is 0 Å². The molecule has 0 saturated carbocycles. The van der Waals surface area contributed by atoms with Gasteiger partial charge in [-0.25, -0.2) is 8.42 Å². The van der Waals surface area contributed by atoms with Crippen LogP contribution in [0.1, 0.15) is 34.2 Å². The van der Waals surface area contributed by atoms with Crippen LogP contribution in [0, 0.1) is 27.7 Å². The van der Waals surface area contributed by atoms with Crippen LogP contribution in [0.25, 0.3) is 0 Å². The number of hydrogen-bond donors (Lipinski definition) is 0. The van der Waals surface area contributed by atoms with Crippen LogP contribution in [0.5, 0.6) is 0 Å². The molecule has 1 aliphatic heterocycles. The minimum absolute atomic E-state index is 0.382.